The molecule has 3 aliphatic rings. The van der Waals surface area contributed by atoms with E-state index in [-0.39, 0.29) is 36.5 Å². The SMILES string of the molecule is CC(c1cc2ccccc2s1)N(O)C(N)=O.CCC(C)(C)C(=O)O[C@H]1C[C@@H](C)C=C2C=C[C@H](C)[C@H](CC[C@@H]3C[C@@H](O)CC(=O)O3)[C@H]21. The molecule has 2 amide bonds. The minimum absolute atomic E-state index is 0.0949. The fourth-order valence-corrected chi connectivity index (χ4v) is 7.70. The average molecular weight is 655 g/mol. The second-order valence-corrected chi connectivity index (χ2v) is 14.9. The van der Waals surface area contributed by atoms with Crippen LogP contribution in [0.25, 0.3) is 10.1 Å². The lowest BCUT2D eigenvalue weighted by molar-refractivity contribution is -0.166. The van der Waals surface area contributed by atoms with Crippen molar-refractivity contribution in [3.8, 4) is 0 Å². The van der Waals surface area contributed by atoms with E-state index < -0.39 is 23.6 Å². The number of allylic oxidation sites excluding steroid dienone is 3. The minimum Gasteiger partial charge on any atom is -0.462 e. The Balaban J connectivity index is 0.000000252. The molecule has 10 heteroatoms. The first-order valence-electron chi connectivity index (χ1n) is 16.4. The number of rotatable bonds is 8. The van der Waals surface area contributed by atoms with Crippen LogP contribution in [0, 0.1) is 29.1 Å². The number of primary amides is 1. The van der Waals surface area contributed by atoms with Crippen LogP contribution >= 0.6 is 11.3 Å². The van der Waals surface area contributed by atoms with E-state index in [1.807, 2.05) is 51.1 Å². The Hall–Kier alpha value is -3.21. The second-order valence-electron chi connectivity index (χ2n) is 13.8. The maximum atomic E-state index is 12.9. The molecule has 46 heavy (non-hydrogen) atoms. The van der Waals surface area contributed by atoms with Gasteiger partial charge in [-0.25, -0.2) is 4.79 Å². The highest BCUT2D eigenvalue weighted by Gasteiger charge is 2.43. The molecule has 0 spiro atoms. The molecule has 8 atom stereocenters. The number of thiophene rings is 1. The number of aliphatic hydroxyl groups is 1. The summed E-state index contributed by atoms with van der Waals surface area (Å²) in [5, 5.41) is 21.0. The smallest absolute Gasteiger partial charge is 0.339 e. The lowest BCUT2D eigenvalue weighted by Gasteiger charge is -2.44. The molecule has 1 aliphatic heterocycles. The van der Waals surface area contributed by atoms with Gasteiger partial charge in [0.05, 0.1) is 24.0 Å². The summed E-state index contributed by atoms with van der Waals surface area (Å²) in [6.45, 7) is 12.0. The summed E-state index contributed by atoms with van der Waals surface area (Å²) in [7, 11) is 0. The summed E-state index contributed by atoms with van der Waals surface area (Å²) in [4.78, 5) is 36.3. The number of hydrogen-bond donors (Lipinski definition) is 3. The van der Waals surface area contributed by atoms with Gasteiger partial charge in [0.1, 0.15) is 12.2 Å². The predicted octanol–water partition coefficient (Wildman–Crippen LogP) is 7.32. The van der Waals surface area contributed by atoms with Gasteiger partial charge >= 0.3 is 18.0 Å². The molecular weight excluding hydrogens is 604 g/mol. The van der Waals surface area contributed by atoms with Crippen LogP contribution in [0.3, 0.4) is 0 Å². The molecule has 0 bridgehead atoms. The average Bonchev–Trinajstić information content (AvgIpc) is 3.44. The summed E-state index contributed by atoms with van der Waals surface area (Å²) in [6, 6.07) is 8.60. The van der Waals surface area contributed by atoms with E-state index in [1.165, 1.54) is 5.57 Å². The molecular formula is C36H50N2O7S. The standard InChI is InChI=1S/C25H38O5.C11H12N2O2S/c1-6-25(4,5)24(28)30-21-12-15(2)11-17-8-7-16(3)20(23(17)21)10-9-19-13-18(26)14-22(27)29-19;1-7(13(15)11(12)14)10-6-8-4-2-3-5-9(8)16-10/h7-8,11,15-16,18-21,23,26H,6,9-10,12-14H2,1-5H3;2-7,15H,1H3,(H2,12,14)/t15-,16-,18+,19+,20-,21-,23-;/m0./s1. The summed E-state index contributed by atoms with van der Waals surface area (Å²) < 4.78 is 12.7. The quantitative estimate of drug-likeness (QED) is 0.154. The number of fused-ring (bicyclic) bond motifs is 2. The fraction of sp³-hybridized carbons (Fsp3) is 0.583. The van der Waals surface area contributed by atoms with Crippen molar-refractivity contribution in [1.29, 1.82) is 0 Å². The predicted molar refractivity (Wildman–Crippen MR) is 179 cm³/mol. The van der Waals surface area contributed by atoms with Gasteiger partial charge in [-0.05, 0) is 87.3 Å². The molecule has 9 nitrogen and oxygen atoms in total. The largest absolute Gasteiger partial charge is 0.462 e. The van der Waals surface area contributed by atoms with Crippen LogP contribution < -0.4 is 5.73 Å². The molecule has 1 unspecified atom stereocenters. The fourth-order valence-electron chi connectivity index (χ4n) is 6.60. The monoisotopic (exact) mass is 654 g/mol. The number of nitrogens with two attached hydrogens (primary N) is 1. The molecule has 5 rings (SSSR count). The summed E-state index contributed by atoms with van der Waals surface area (Å²) in [5.41, 5.74) is 5.79. The molecule has 0 saturated carbocycles. The van der Waals surface area contributed by atoms with E-state index in [4.69, 9.17) is 15.2 Å². The number of ether oxygens (including phenoxy) is 2. The molecule has 0 radical (unpaired) electrons. The van der Waals surface area contributed by atoms with Gasteiger partial charge in [0.2, 0.25) is 0 Å². The number of esters is 2. The zero-order valence-electron chi connectivity index (χ0n) is 27.8. The third-order valence-corrected chi connectivity index (χ3v) is 11.1. The summed E-state index contributed by atoms with van der Waals surface area (Å²) >= 11 is 1.54. The summed E-state index contributed by atoms with van der Waals surface area (Å²) in [5.74, 6) is 0.776. The Morgan fingerprint density at radius 2 is 1.91 bits per heavy atom. The van der Waals surface area contributed by atoms with Crippen molar-refractivity contribution in [2.45, 2.75) is 104 Å². The highest BCUT2D eigenvalue weighted by atomic mass is 32.1. The van der Waals surface area contributed by atoms with E-state index in [0.29, 0.717) is 29.2 Å². The van der Waals surface area contributed by atoms with Crippen LogP contribution in [-0.2, 0) is 19.1 Å². The van der Waals surface area contributed by atoms with E-state index in [2.05, 4.69) is 32.1 Å². The zero-order valence-corrected chi connectivity index (χ0v) is 28.7. The van der Waals surface area contributed by atoms with Crippen molar-refractivity contribution >= 4 is 39.4 Å². The van der Waals surface area contributed by atoms with E-state index in [9.17, 15) is 24.7 Å². The first-order valence-corrected chi connectivity index (χ1v) is 17.3. The number of aliphatic hydroxyl groups excluding tert-OH is 1. The maximum absolute atomic E-state index is 12.9. The highest BCUT2D eigenvalue weighted by Crippen LogP contribution is 2.45. The van der Waals surface area contributed by atoms with E-state index >= 15 is 0 Å². The lowest BCUT2D eigenvalue weighted by Crippen LogP contribution is -2.43. The van der Waals surface area contributed by atoms with E-state index in [1.54, 1.807) is 18.3 Å². The molecule has 1 fully saturated rings. The van der Waals surface area contributed by atoms with Gasteiger partial charge in [-0.1, -0.05) is 57.2 Å². The third kappa shape index (κ3) is 8.57. The molecule has 2 heterocycles. The number of cyclic esters (lactones) is 1. The van der Waals surface area contributed by atoms with Crippen molar-refractivity contribution in [3.05, 3.63) is 59.0 Å². The van der Waals surface area contributed by atoms with Crippen molar-refractivity contribution in [2.24, 2.45) is 34.8 Å². The van der Waals surface area contributed by atoms with Gasteiger partial charge in [-0.15, -0.1) is 11.3 Å². The number of carbonyl (C=O) groups excluding carboxylic acids is 3. The first-order chi connectivity index (χ1) is 21.7. The second kappa shape index (κ2) is 15.1. The molecule has 4 N–H and O–H groups in total. The van der Waals surface area contributed by atoms with Crippen LogP contribution in [0.1, 0.15) is 91.0 Å². The van der Waals surface area contributed by atoms with Gasteiger partial charge in [0.25, 0.3) is 0 Å². The number of urea groups is 1. The number of nitrogens with zero attached hydrogens (tertiary/aromatic N) is 1. The number of carbonyl (C=O) groups is 3. The van der Waals surface area contributed by atoms with Crippen LogP contribution in [-0.4, -0.2) is 51.7 Å². The van der Waals surface area contributed by atoms with Crippen molar-refractivity contribution in [1.82, 2.24) is 5.06 Å². The number of hydroxylamine groups is 2. The molecule has 2 aliphatic carbocycles. The number of hydrogen-bond acceptors (Lipinski definition) is 8. The Kier molecular flexibility index (Phi) is 11.7. The lowest BCUT2D eigenvalue weighted by atomic mass is 9.65. The van der Waals surface area contributed by atoms with Crippen molar-refractivity contribution < 1.29 is 34.2 Å². The van der Waals surface area contributed by atoms with Crippen LogP contribution in [0.4, 0.5) is 4.79 Å². The zero-order chi connectivity index (χ0) is 33.8. The van der Waals surface area contributed by atoms with Gasteiger partial charge < -0.3 is 20.3 Å². The summed E-state index contributed by atoms with van der Waals surface area (Å²) in [6.07, 6.45) is 9.61. The molecule has 2 aromatic rings. The van der Waals surface area contributed by atoms with Gasteiger partial charge in [-0.2, -0.15) is 5.06 Å². The Morgan fingerprint density at radius 3 is 2.57 bits per heavy atom. The van der Waals surface area contributed by atoms with E-state index in [0.717, 1.165) is 40.6 Å². The Morgan fingerprint density at radius 1 is 1.20 bits per heavy atom. The first kappa shape index (κ1) is 35.6. The highest BCUT2D eigenvalue weighted by molar-refractivity contribution is 7.19. The Bertz CT molecular complexity index is 1420. The van der Waals surface area contributed by atoms with Crippen LogP contribution in [0.15, 0.2) is 54.1 Å². The molecule has 252 valence electrons. The normalized spacial score (nSPS) is 28.2. The Labute approximate surface area is 276 Å². The van der Waals surface area contributed by atoms with Crippen LogP contribution in [0.2, 0.25) is 0 Å². The maximum Gasteiger partial charge on any atom is 0.339 e. The number of benzene rings is 1. The van der Waals surface area contributed by atoms with Crippen molar-refractivity contribution in [2.75, 3.05) is 0 Å². The van der Waals surface area contributed by atoms with Crippen LogP contribution in [0.5, 0.6) is 0 Å². The minimum atomic E-state index is -0.843. The topological polar surface area (TPSA) is 139 Å². The van der Waals surface area contributed by atoms with Crippen molar-refractivity contribution in [3.63, 3.8) is 0 Å². The molecule has 1 aromatic carbocycles. The van der Waals surface area contributed by atoms with Gasteiger partial charge in [0, 0.05) is 21.9 Å². The number of amides is 2. The third-order valence-electron chi connectivity index (χ3n) is 9.80. The van der Waals surface area contributed by atoms with Gasteiger partial charge in [0.15, 0.2) is 0 Å². The van der Waals surface area contributed by atoms with Gasteiger partial charge in [-0.3, -0.25) is 14.8 Å². The molecule has 1 aromatic heterocycles. The molecule has 1 saturated heterocycles.